The minimum absolute atomic E-state index is 0.442. The largest absolute Gasteiger partial charge is 0.391 e. The summed E-state index contributed by atoms with van der Waals surface area (Å²) in [4.78, 5) is 0. The first-order valence-corrected chi connectivity index (χ1v) is 2.69. The maximum atomic E-state index is 8.81. The first-order valence-electron chi connectivity index (χ1n) is 2.69. The molecule has 3 N–H and O–H groups in total. The second kappa shape index (κ2) is 3.83. The summed E-state index contributed by atoms with van der Waals surface area (Å²) in [6, 6.07) is 0. The van der Waals surface area contributed by atoms with Crippen LogP contribution in [-0.2, 0) is 0 Å². The number of rotatable bonds is 3. The van der Waals surface area contributed by atoms with Gasteiger partial charge in [-0.15, -0.1) is 0 Å². The predicted octanol–water partition coefficient (Wildman–Crippen LogP) is -1.05. The van der Waals surface area contributed by atoms with Crippen LogP contribution in [0.25, 0.3) is 0 Å². The average molecular weight is 119 g/mol. The molecule has 0 rings (SSSR count). The lowest BCUT2D eigenvalue weighted by Gasteiger charge is -2.11. The van der Waals surface area contributed by atoms with Gasteiger partial charge in [-0.25, -0.2) is 0 Å². The molecule has 0 aliphatic rings. The molecule has 2 atom stereocenters. The van der Waals surface area contributed by atoms with E-state index in [4.69, 9.17) is 10.2 Å². The molecule has 50 valence electrons. The minimum Gasteiger partial charge on any atom is -0.391 e. The Balaban J connectivity index is 3.17. The normalized spacial score (nSPS) is 18.0. The maximum absolute atomic E-state index is 8.81. The van der Waals surface area contributed by atoms with Crippen LogP contribution in [0.1, 0.15) is 6.92 Å². The molecule has 3 heteroatoms. The fourth-order valence-electron chi connectivity index (χ4n) is 0.380. The number of nitrogens with one attached hydrogen (secondary N) is 1. The molecular formula is C5H13NO2. The van der Waals surface area contributed by atoms with E-state index in [2.05, 4.69) is 5.32 Å². The summed E-state index contributed by atoms with van der Waals surface area (Å²) in [6.07, 6.45) is -1.28. The summed E-state index contributed by atoms with van der Waals surface area (Å²) in [5.74, 6) is 0. The van der Waals surface area contributed by atoms with Crippen LogP contribution in [-0.4, -0.2) is 36.0 Å². The van der Waals surface area contributed by atoms with Crippen molar-refractivity contribution in [2.75, 3.05) is 13.6 Å². The third-order valence-electron chi connectivity index (χ3n) is 0.970. The zero-order valence-electron chi connectivity index (χ0n) is 5.26. The lowest BCUT2D eigenvalue weighted by Crippen LogP contribution is -2.32. The SMILES string of the molecule is CNCC(O)C(C)O. The molecule has 0 saturated heterocycles. The van der Waals surface area contributed by atoms with Gasteiger partial charge >= 0.3 is 0 Å². The molecule has 2 unspecified atom stereocenters. The Labute approximate surface area is 49.3 Å². The molecule has 0 spiro atoms. The van der Waals surface area contributed by atoms with Crippen LogP contribution in [0.3, 0.4) is 0 Å². The first-order chi connectivity index (χ1) is 3.68. The summed E-state index contributed by atoms with van der Waals surface area (Å²) in [7, 11) is 1.73. The number of aliphatic hydroxyl groups is 2. The highest BCUT2D eigenvalue weighted by Crippen LogP contribution is 1.87. The van der Waals surface area contributed by atoms with Crippen LogP contribution in [0.15, 0.2) is 0 Å². The van der Waals surface area contributed by atoms with Gasteiger partial charge < -0.3 is 15.5 Å². The molecule has 3 nitrogen and oxygen atoms in total. The van der Waals surface area contributed by atoms with Gasteiger partial charge in [-0.3, -0.25) is 0 Å². The molecule has 8 heavy (non-hydrogen) atoms. The number of hydrogen-bond donors (Lipinski definition) is 3. The zero-order valence-corrected chi connectivity index (χ0v) is 5.26. The van der Waals surface area contributed by atoms with Crippen LogP contribution < -0.4 is 5.32 Å². The third kappa shape index (κ3) is 2.96. The number of aliphatic hydroxyl groups excluding tert-OH is 2. The Morgan fingerprint density at radius 2 is 2.00 bits per heavy atom. The molecule has 0 fully saturated rings. The molecular weight excluding hydrogens is 106 g/mol. The van der Waals surface area contributed by atoms with Crippen molar-refractivity contribution in [1.29, 1.82) is 0 Å². The molecule has 0 saturated carbocycles. The quantitative estimate of drug-likeness (QED) is 0.444. The molecule has 0 aliphatic heterocycles. The molecule has 0 aromatic rings. The van der Waals surface area contributed by atoms with Crippen molar-refractivity contribution in [3.63, 3.8) is 0 Å². The highest BCUT2D eigenvalue weighted by Gasteiger charge is 2.07. The Kier molecular flexibility index (Phi) is 3.77. The summed E-state index contributed by atoms with van der Waals surface area (Å²) in [5.41, 5.74) is 0. The van der Waals surface area contributed by atoms with Crippen LogP contribution in [0, 0.1) is 0 Å². The topological polar surface area (TPSA) is 52.5 Å². The van der Waals surface area contributed by atoms with E-state index in [1.54, 1.807) is 14.0 Å². The molecule has 0 amide bonds. The highest BCUT2D eigenvalue weighted by molar-refractivity contribution is 4.62. The Bertz CT molecular complexity index is 56.4. The molecule has 0 heterocycles. The van der Waals surface area contributed by atoms with Gasteiger partial charge in [0.25, 0.3) is 0 Å². The summed E-state index contributed by atoms with van der Waals surface area (Å²) in [5, 5.41) is 20.2. The second-order valence-corrected chi connectivity index (χ2v) is 1.87. The van der Waals surface area contributed by atoms with Gasteiger partial charge in [0.2, 0.25) is 0 Å². The second-order valence-electron chi connectivity index (χ2n) is 1.87. The average Bonchev–Trinajstić information content (AvgIpc) is 1.67. The first kappa shape index (κ1) is 7.88. The lowest BCUT2D eigenvalue weighted by molar-refractivity contribution is 0.0331. The van der Waals surface area contributed by atoms with E-state index < -0.39 is 12.2 Å². The fraction of sp³-hybridized carbons (Fsp3) is 1.00. The summed E-state index contributed by atoms with van der Waals surface area (Å²) < 4.78 is 0. The van der Waals surface area contributed by atoms with E-state index in [0.717, 1.165) is 0 Å². The van der Waals surface area contributed by atoms with Gasteiger partial charge in [-0.1, -0.05) is 0 Å². The third-order valence-corrected chi connectivity index (χ3v) is 0.970. The maximum Gasteiger partial charge on any atom is 0.0920 e. The fourth-order valence-corrected chi connectivity index (χ4v) is 0.380. The number of likely N-dealkylation sites (N-methyl/N-ethyl adjacent to an activating group) is 1. The van der Waals surface area contributed by atoms with Crippen LogP contribution in [0.5, 0.6) is 0 Å². The van der Waals surface area contributed by atoms with E-state index in [-0.39, 0.29) is 0 Å². The lowest BCUT2D eigenvalue weighted by atomic mass is 10.2. The van der Waals surface area contributed by atoms with Crippen LogP contribution in [0.2, 0.25) is 0 Å². The Morgan fingerprint density at radius 3 is 2.12 bits per heavy atom. The van der Waals surface area contributed by atoms with Crippen molar-refractivity contribution in [1.82, 2.24) is 5.32 Å². The molecule has 0 bridgehead atoms. The van der Waals surface area contributed by atoms with E-state index in [0.29, 0.717) is 6.54 Å². The molecule has 0 aromatic carbocycles. The van der Waals surface area contributed by atoms with Crippen molar-refractivity contribution in [2.24, 2.45) is 0 Å². The van der Waals surface area contributed by atoms with Gasteiger partial charge in [0.05, 0.1) is 12.2 Å². The van der Waals surface area contributed by atoms with E-state index >= 15 is 0 Å². The monoisotopic (exact) mass is 119 g/mol. The Morgan fingerprint density at radius 1 is 1.50 bits per heavy atom. The summed E-state index contributed by atoms with van der Waals surface area (Å²) in [6.45, 7) is 2.00. The van der Waals surface area contributed by atoms with Crippen molar-refractivity contribution in [2.45, 2.75) is 19.1 Å². The zero-order chi connectivity index (χ0) is 6.57. The van der Waals surface area contributed by atoms with Gasteiger partial charge in [-0.2, -0.15) is 0 Å². The van der Waals surface area contributed by atoms with E-state index in [1.807, 2.05) is 0 Å². The van der Waals surface area contributed by atoms with Crippen molar-refractivity contribution in [3.05, 3.63) is 0 Å². The standard InChI is InChI=1S/C5H13NO2/c1-4(7)5(8)3-6-2/h4-8H,3H2,1-2H3. The van der Waals surface area contributed by atoms with Gasteiger partial charge in [-0.05, 0) is 14.0 Å². The van der Waals surface area contributed by atoms with Crippen LogP contribution in [0.4, 0.5) is 0 Å². The molecule has 0 radical (unpaired) electrons. The minimum atomic E-state index is -0.639. The van der Waals surface area contributed by atoms with Gasteiger partial charge in [0, 0.05) is 6.54 Å². The van der Waals surface area contributed by atoms with E-state index in [9.17, 15) is 0 Å². The van der Waals surface area contributed by atoms with Crippen molar-refractivity contribution >= 4 is 0 Å². The van der Waals surface area contributed by atoms with Crippen LogP contribution >= 0.6 is 0 Å². The van der Waals surface area contributed by atoms with Crippen molar-refractivity contribution in [3.8, 4) is 0 Å². The summed E-state index contributed by atoms with van der Waals surface area (Å²) >= 11 is 0. The smallest absolute Gasteiger partial charge is 0.0920 e. The predicted molar refractivity (Wildman–Crippen MR) is 31.6 cm³/mol. The number of hydrogen-bond acceptors (Lipinski definition) is 3. The Hall–Kier alpha value is -0.120. The molecule has 0 aliphatic carbocycles. The highest BCUT2D eigenvalue weighted by atomic mass is 16.3. The molecule has 0 aromatic heterocycles. The van der Waals surface area contributed by atoms with Crippen molar-refractivity contribution < 1.29 is 10.2 Å². The van der Waals surface area contributed by atoms with Gasteiger partial charge in [0.15, 0.2) is 0 Å². The van der Waals surface area contributed by atoms with E-state index in [1.165, 1.54) is 0 Å². The van der Waals surface area contributed by atoms with Gasteiger partial charge in [0.1, 0.15) is 0 Å².